The molecule has 0 spiro atoms. The highest BCUT2D eigenvalue weighted by molar-refractivity contribution is 8.04. The minimum atomic E-state index is -0.675. The summed E-state index contributed by atoms with van der Waals surface area (Å²) in [6.07, 6.45) is 1.86. The van der Waals surface area contributed by atoms with Gasteiger partial charge in [0.2, 0.25) is 5.91 Å². The molecule has 2 aliphatic rings. The predicted molar refractivity (Wildman–Crippen MR) is 92.1 cm³/mol. The van der Waals surface area contributed by atoms with Crippen LogP contribution < -0.4 is 16.4 Å². The molecule has 1 aromatic rings. The van der Waals surface area contributed by atoms with Crippen LogP contribution in [0.2, 0.25) is 5.02 Å². The number of nitrogens with two attached hydrogens (primary N) is 1. The summed E-state index contributed by atoms with van der Waals surface area (Å²) in [5.74, 6) is -0.975. The number of urea groups is 1. The number of rotatable bonds is 3. The fourth-order valence-corrected chi connectivity index (χ4v) is 3.84. The normalized spacial score (nSPS) is 22.8. The minimum absolute atomic E-state index is 0.152. The van der Waals surface area contributed by atoms with Gasteiger partial charge in [0.1, 0.15) is 5.25 Å². The molecule has 1 aliphatic carbocycles. The van der Waals surface area contributed by atoms with Gasteiger partial charge in [0.15, 0.2) is 0 Å². The van der Waals surface area contributed by atoms with Crippen LogP contribution in [-0.2, 0) is 4.79 Å². The zero-order valence-corrected chi connectivity index (χ0v) is 14.2. The molecule has 1 saturated carbocycles. The first-order valence-electron chi connectivity index (χ1n) is 7.43. The van der Waals surface area contributed by atoms with Crippen molar-refractivity contribution in [1.29, 1.82) is 5.26 Å². The number of allylic oxidation sites excluding steroid dienone is 1. The van der Waals surface area contributed by atoms with Crippen LogP contribution in [0.4, 0.5) is 4.79 Å². The summed E-state index contributed by atoms with van der Waals surface area (Å²) in [4.78, 5) is 24.3. The number of hydrogen-bond donors (Lipinski definition) is 3. The lowest BCUT2D eigenvalue weighted by molar-refractivity contribution is -0.119. The molecule has 2 atom stereocenters. The van der Waals surface area contributed by atoms with Gasteiger partial charge in [0, 0.05) is 17.0 Å². The number of carbonyl (C=O) groups is 2. The zero-order chi connectivity index (χ0) is 17.3. The summed E-state index contributed by atoms with van der Waals surface area (Å²) < 4.78 is 0. The van der Waals surface area contributed by atoms with E-state index in [0.717, 1.165) is 30.2 Å². The van der Waals surface area contributed by atoms with Gasteiger partial charge >= 0.3 is 6.03 Å². The van der Waals surface area contributed by atoms with E-state index in [1.54, 1.807) is 24.3 Å². The van der Waals surface area contributed by atoms with Gasteiger partial charge in [0.05, 0.1) is 16.7 Å². The van der Waals surface area contributed by atoms with Crippen LogP contribution in [0.5, 0.6) is 0 Å². The molecule has 1 aromatic carbocycles. The van der Waals surface area contributed by atoms with Gasteiger partial charge in [-0.05, 0) is 30.5 Å². The van der Waals surface area contributed by atoms with Gasteiger partial charge in [-0.25, -0.2) is 4.79 Å². The summed E-state index contributed by atoms with van der Waals surface area (Å²) in [7, 11) is 0. The van der Waals surface area contributed by atoms with Crippen LogP contribution in [-0.4, -0.2) is 23.2 Å². The van der Waals surface area contributed by atoms with Gasteiger partial charge in [-0.15, -0.1) is 0 Å². The van der Waals surface area contributed by atoms with Crippen LogP contribution in [0.1, 0.15) is 24.3 Å². The Kier molecular flexibility index (Phi) is 4.69. The first kappa shape index (κ1) is 16.7. The molecule has 8 heteroatoms. The Hall–Kier alpha value is -2.17. The average molecular weight is 363 g/mol. The van der Waals surface area contributed by atoms with Crippen molar-refractivity contribution in [1.82, 2.24) is 10.6 Å². The van der Waals surface area contributed by atoms with Crippen molar-refractivity contribution < 1.29 is 9.59 Å². The molecule has 24 heavy (non-hydrogen) atoms. The van der Waals surface area contributed by atoms with E-state index in [-0.39, 0.29) is 6.04 Å². The van der Waals surface area contributed by atoms with Crippen molar-refractivity contribution in [2.75, 3.05) is 0 Å². The van der Waals surface area contributed by atoms with E-state index >= 15 is 0 Å². The van der Waals surface area contributed by atoms with Crippen LogP contribution >= 0.6 is 23.4 Å². The largest absolute Gasteiger partial charge is 0.393 e. The molecule has 0 radical (unpaired) electrons. The highest BCUT2D eigenvalue weighted by Crippen LogP contribution is 2.45. The molecule has 6 nitrogen and oxygen atoms in total. The Balaban J connectivity index is 1.80. The average Bonchev–Trinajstić information content (AvgIpc) is 3.28. The van der Waals surface area contributed by atoms with E-state index in [1.165, 1.54) is 0 Å². The number of halogens is 1. The topological polar surface area (TPSA) is 108 Å². The minimum Gasteiger partial charge on any atom is -0.393 e. The second-order valence-corrected chi connectivity index (χ2v) is 7.31. The lowest BCUT2D eigenvalue weighted by Gasteiger charge is -2.19. The number of amides is 3. The molecular formula is C16H15ClN4O2S. The van der Waals surface area contributed by atoms with E-state index in [9.17, 15) is 14.9 Å². The SMILES string of the molecule is N#CC1=C(N)SC(C(=O)NC(=O)NC2CC2)C1c1ccc(Cl)cc1. The molecule has 124 valence electrons. The van der Waals surface area contributed by atoms with Gasteiger partial charge < -0.3 is 11.1 Å². The maximum atomic E-state index is 12.5. The number of nitriles is 1. The molecule has 3 amide bonds. The van der Waals surface area contributed by atoms with E-state index in [1.807, 2.05) is 0 Å². The van der Waals surface area contributed by atoms with Crippen LogP contribution in [0.3, 0.4) is 0 Å². The lowest BCUT2D eigenvalue weighted by Crippen LogP contribution is -2.45. The fourth-order valence-electron chi connectivity index (χ4n) is 2.55. The monoisotopic (exact) mass is 362 g/mol. The van der Waals surface area contributed by atoms with Crippen molar-refractivity contribution in [3.63, 3.8) is 0 Å². The van der Waals surface area contributed by atoms with Crippen LogP contribution in [0.15, 0.2) is 34.9 Å². The quantitative estimate of drug-likeness (QED) is 0.764. The molecule has 1 heterocycles. The van der Waals surface area contributed by atoms with Crippen molar-refractivity contribution in [2.45, 2.75) is 30.1 Å². The van der Waals surface area contributed by atoms with Crippen molar-refractivity contribution in [2.24, 2.45) is 5.73 Å². The maximum absolute atomic E-state index is 12.5. The highest BCUT2D eigenvalue weighted by atomic mass is 35.5. The molecule has 0 bridgehead atoms. The number of nitrogens with zero attached hydrogens (tertiary/aromatic N) is 1. The van der Waals surface area contributed by atoms with Crippen molar-refractivity contribution in [3.8, 4) is 6.07 Å². The molecular weight excluding hydrogens is 348 g/mol. The van der Waals surface area contributed by atoms with Gasteiger partial charge in [-0.3, -0.25) is 10.1 Å². The van der Waals surface area contributed by atoms with Crippen molar-refractivity contribution >= 4 is 35.3 Å². The highest BCUT2D eigenvalue weighted by Gasteiger charge is 2.41. The third kappa shape index (κ3) is 3.50. The Bertz CT molecular complexity index is 752. The first-order valence-corrected chi connectivity index (χ1v) is 8.68. The number of thioether (sulfide) groups is 1. The van der Waals surface area contributed by atoms with Gasteiger partial charge in [-0.1, -0.05) is 35.5 Å². The third-order valence-electron chi connectivity index (χ3n) is 3.89. The Morgan fingerprint density at radius 1 is 1.29 bits per heavy atom. The molecule has 4 N–H and O–H groups in total. The van der Waals surface area contributed by atoms with Crippen LogP contribution in [0, 0.1) is 11.3 Å². The van der Waals surface area contributed by atoms with E-state index < -0.39 is 23.1 Å². The summed E-state index contributed by atoms with van der Waals surface area (Å²) in [6, 6.07) is 8.62. The second kappa shape index (κ2) is 6.75. The Morgan fingerprint density at radius 3 is 2.54 bits per heavy atom. The number of carbonyl (C=O) groups excluding carboxylic acids is 2. The van der Waals surface area contributed by atoms with Crippen LogP contribution in [0.25, 0.3) is 0 Å². The molecule has 3 rings (SSSR count). The first-order chi connectivity index (χ1) is 11.5. The summed E-state index contributed by atoms with van der Waals surface area (Å²) in [6.45, 7) is 0. The Labute approximate surface area is 148 Å². The van der Waals surface area contributed by atoms with Gasteiger partial charge in [-0.2, -0.15) is 5.26 Å². The predicted octanol–water partition coefficient (Wildman–Crippen LogP) is 2.22. The third-order valence-corrected chi connectivity index (χ3v) is 5.36. The maximum Gasteiger partial charge on any atom is 0.321 e. The molecule has 0 saturated heterocycles. The van der Waals surface area contributed by atoms with E-state index in [4.69, 9.17) is 17.3 Å². The Morgan fingerprint density at radius 2 is 1.96 bits per heavy atom. The number of imide groups is 1. The summed E-state index contributed by atoms with van der Waals surface area (Å²) in [5, 5.41) is 14.6. The molecule has 2 unspecified atom stereocenters. The van der Waals surface area contributed by atoms with E-state index in [2.05, 4.69) is 16.7 Å². The summed E-state index contributed by atoms with van der Waals surface area (Å²) >= 11 is 7.00. The summed E-state index contributed by atoms with van der Waals surface area (Å²) in [5.41, 5.74) is 7.00. The lowest BCUT2D eigenvalue weighted by atomic mass is 9.89. The number of nitrogens with one attached hydrogen (secondary N) is 2. The van der Waals surface area contributed by atoms with Crippen molar-refractivity contribution in [3.05, 3.63) is 45.5 Å². The number of hydrogen-bond acceptors (Lipinski definition) is 5. The van der Waals surface area contributed by atoms with E-state index in [0.29, 0.717) is 15.6 Å². The number of benzene rings is 1. The smallest absolute Gasteiger partial charge is 0.321 e. The fraction of sp³-hybridized carbons (Fsp3) is 0.312. The molecule has 1 fully saturated rings. The molecule has 0 aromatic heterocycles. The second-order valence-electron chi connectivity index (χ2n) is 5.69. The zero-order valence-electron chi connectivity index (χ0n) is 12.6. The molecule has 1 aliphatic heterocycles. The standard InChI is InChI=1S/C16H15ClN4O2S/c17-9-3-1-8(2-4-9)12-11(7-18)14(19)24-13(12)15(22)21-16(23)20-10-5-6-10/h1-4,10,12-13H,5-6,19H2,(H2,20,21,22,23). The van der Waals surface area contributed by atoms with Gasteiger partial charge in [0.25, 0.3) is 0 Å².